The second-order valence-electron chi connectivity index (χ2n) is 8.02. The predicted octanol–water partition coefficient (Wildman–Crippen LogP) is 7.12. The molecule has 174 valence electrons. The number of hydrogen-bond acceptors (Lipinski definition) is 3. The molecule has 1 unspecified atom stereocenters. The minimum atomic E-state index is -0.457. The van der Waals surface area contributed by atoms with Gasteiger partial charge in [-0.05, 0) is 54.5 Å². The molecule has 0 aliphatic carbocycles. The summed E-state index contributed by atoms with van der Waals surface area (Å²) in [7, 11) is 0. The Morgan fingerprint density at radius 2 is 1.43 bits per heavy atom. The maximum Gasteiger partial charge on any atom is 0.248 e. The highest BCUT2D eigenvalue weighted by molar-refractivity contribution is 8.00. The van der Waals surface area contributed by atoms with Crippen LogP contribution >= 0.6 is 11.8 Å². The molecule has 0 aliphatic heterocycles. The van der Waals surface area contributed by atoms with E-state index in [2.05, 4.69) is 10.6 Å². The summed E-state index contributed by atoms with van der Waals surface area (Å²) in [5, 5.41) is 5.47. The van der Waals surface area contributed by atoms with Crippen molar-refractivity contribution in [3.8, 4) is 0 Å². The molecule has 0 spiro atoms. The van der Waals surface area contributed by atoms with Crippen LogP contribution in [0.1, 0.15) is 21.9 Å². The number of nitrogens with one attached hydrogen (secondary N) is 2. The smallest absolute Gasteiger partial charge is 0.248 e. The van der Waals surface area contributed by atoms with Gasteiger partial charge in [-0.3, -0.25) is 9.59 Å². The van der Waals surface area contributed by atoms with Crippen LogP contribution in [0.2, 0.25) is 0 Å². The number of carbonyl (C=O) groups excluding carboxylic acids is 2. The fourth-order valence-corrected chi connectivity index (χ4v) is 4.53. The van der Waals surface area contributed by atoms with E-state index < -0.39 is 5.25 Å². The molecule has 0 saturated carbocycles. The van der Waals surface area contributed by atoms with Crippen LogP contribution in [0, 0.1) is 6.92 Å². The van der Waals surface area contributed by atoms with Gasteiger partial charge in [-0.1, -0.05) is 84.4 Å². The lowest BCUT2D eigenvalue weighted by molar-refractivity contribution is -0.116. The highest BCUT2D eigenvalue weighted by Crippen LogP contribution is 2.37. The van der Waals surface area contributed by atoms with Crippen LogP contribution < -0.4 is 10.6 Å². The number of hydrogen-bond donors (Lipinski definition) is 2. The Balaban J connectivity index is 1.48. The maximum absolute atomic E-state index is 13.3. The van der Waals surface area contributed by atoms with E-state index >= 15 is 0 Å². The molecule has 4 aromatic rings. The Kier molecular flexibility index (Phi) is 8.15. The van der Waals surface area contributed by atoms with Crippen molar-refractivity contribution in [2.75, 3.05) is 10.6 Å². The van der Waals surface area contributed by atoms with E-state index in [0.29, 0.717) is 5.69 Å². The van der Waals surface area contributed by atoms with E-state index in [4.69, 9.17) is 0 Å². The molecule has 2 N–H and O–H groups in total. The third-order valence-corrected chi connectivity index (χ3v) is 6.49. The van der Waals surface area contributed by atoms with Crippen LogP contribution in [0.15, 0.2) is 120 Å². The molecule has 4 aromatic carbocycles. The SMILES string of the molecule is Cc1ccc(NC(=O)C(Sc2cccc(NC(=O)/C=C/c3ccccc3)c2)c2ccccc2)cc1. The van der Waals surface area contributed by atoms with E-state index in [1.54, 1.807) is 6.08 Å². The van der Waals surface area contributed by atoms with E-state index in [-0.39, 0.29) is 11.8 Å². The molecule has 0 heterocycles. The summed E-state index contributed by atoms with van der Waals surface area (Å²) < 4.78 is 0. The Bertz CT molecular complexity index is 1300. The average Bonchev–Trinajstić information content (AvgIpc) is 2.89. The summed E-state index contributed by atoms with van der Waals surface area (Å²) in [6, 6.07) is 34.6. The molecule has 0 aliphatic rings. The lowest BCUT2D eigenvalue weighted by Crippen LogP contribution is -2.19. The van der Waals surface area contributed by atoms with E-state index in [9.17, 15) is 9.59 Å². The lowest BCUT2D eigenvalue weighted by Gasteiger charge is -2.18. The Morgan fingerprint density at radius 1 is 0.743 bits per heavy atom. The Morgan fingerprint density at radius 3 is 2.14 bits per heavy atom. The van der Waals surface area contributed by atoms with Crippen molar-refractivity contribution in [3.05, 3.63) is 132 Å². The predicted molar refractivity (Wildman–Crippen MR) is 145 cm³/mol. The summed E-state index contributed by atoms with van der Waals surface area (Å²) in [4.78, 5) is 26.6. The van der Waals surface area contributed by atoms with Crippen molar-refractivity contribution in [1.29, 1.82) is 0 Å². The molecular weight excluding hydrogens is 452 g/mol. The fourth-order valence-electron chi connectivity index (χ4n) is 3.45. The van der Waals surface area contributed by atoms with Gasteiger partial charge in [0.25, 0.3) is 0 Å². The van der Waals surface area contributed by atoms with Crippen LogP contribution in [0.4, 0.5) is 11.4 Å². The molecular formula is C30H26N2O2S. The van der Waals surface area contributed by atoms with E-state index in [1.807, 2.05) is 116 Å². The molecule has 1 atom stereocenters. The molecule has 4 nitrogen and oxygen atoms in total. The minimum absolute atomic E-state index is 0.106. The van der Waals surface area contributed by atoms with Crippen molar-refractivity contribution in [1.82, 2.24) is 0 Å². The van der Waals surface area contributed by atoms with Crippen LogP contribution in [0.3, 0.4) is 0 Å². The van der Waals surface area contributed by atoms with Gasteiger partial charge in [0.2, 0.25) is 11.8 Å². The van der Waals surface area contributed by atoms with Crippen molar-refractivity contribution >= 4 is 41.0 Å². The first-order chi connectivity index (χ1) is 17.1. The molecule has 0 saturated heterocycles. The number of rotatable bonds is 8. The zero-order chi connectivity index (χ0) is 24.5. The van der Waals surface area contributed by atoms with Gasteiger partial charge in [-0.2, -0.15) is 0 Å². The zero-order valence-corrected chi connectivity index (χ0v) is 20.2. The van der Waals surface area contributed by atoms with Gasteiger partial charge in [0.1, 0.15) is 5.25 Å². The Hall–Kier alpha value is -4.09. The molecule has 5 heteroatoms. The molecule has 0 aromatic heterocycles. The highest BCUT2D eigenvalue weighted by Gasteiger charge is 2.22. The first-order valence-electron chi connectivity index (χ1n) is 11.3. The first-order valence-corrected chi connectivity index (χ1v) is 12.2. The normalized spacial score (nSPS) is 11.7. The molecule has 0 bridgehead atoms. The Labute approximate surface area is 210 Å². The second-order valence-corrected chi connectivity index (χ2v) is 9.20. The van der Waals surface area contributed by atoms with Crippen molar-refractivity contribution in [3.63, 3.8) is 0 Å². The highest BCUT2D eigenvalue weighted by atomic mass is 32.2. The van der Waals surface area contributed by atoms with E-state index in [1.165, 1.54) is 17.8 Å². The van der Waals surface area contributed by atoms with Gasteiger partial charge < -0.3 is 10.6 Å². The maximum atomic E-state index is 13.3. The summed E-state index contributed by atoms with van der Waals surface area (Å²) in [6.07, 6.45) is 3.28. The van der Waals surface area contributed by atoms with E-state index in [0.717, 1.165) is 27.3 Å². The van der Waals surface area contributed by atoms with Gasteiger partial charge in [0.15, 0.2) is 0 Å². The van der Waals surface area contributed by atoms with Gasteiger partial charge in [0, 0.05) is 22.3 Å². The molecule has 4 rings (SSSR count). The minimum Gasteiger partial charge on any atom is -0.325 e. The molecule has 0 radical (unpaired) electrons. The number of amides is 2. The lowest BCUT2D eigenvalue weighted by atomic mass is 10.1. The monoisotopic (exact) mass is 478 g/mol. The number of benzene rings is 4. The number of thioether (sulfide) groups is 1. The largest absolute Gasteiger partial charge is 0.325 e. The summed E-state index contributed by atoms with van der Waals surface area (Å²) in [5.41, 5.74) is 4.42. The number of aryl methyl sites for hydroxylation is 1. The van der Waals surface area contributed by atoms with Crippen LogP contribution in [0.5, 0.6) is 0 Å². The fraction of sp³-hybridized carbons (Fsp3) is 0.0667. The van der Waals surface area contributed by atoms with Gasteiger partial charge >= 0.3 is 0 Å². The molecule has 0 fully saturated rings. The molecule has 35 heavy (non-hydrogen) atoms. The van der Waals surface area contributed by atoms with Crippen molar-refractivity contribution < 1.29 is 9.59 Å². The zero-order valence-electron chi connectivity index (χ0n) is 19.3. The summed E-state index contributed by atoms with van der Waals surface area (Å²) >= 11 is 1.44. The average molecular weight is 479 g/mol. The summed E-state index contributed by atoms with van der Waals surface area (Å²) in [5.74, 6) is -0.321. The van der Waals surface area contributed by atoms with Crippen molar-refractivity contribution in [2.24, 2.45) is 0 Å². The molecule has 2 amide bonds. The van der Waals surface area contributed by atoms with Crippen LogP contribution in [0.25, 0.3) is 6.08 Å². The van der Waals surface area contributed by atoms with Gasteiger partial charge in [-0.15, -0.1) is 11.8 Å². The quantitative estimate of drug-likeness (QED) is 0.209. The van der Waals surface area contributed by atoms with Crippen LogP contribution in [-0.4, -0.2) is 11.8 Å². The van der Waals surface area contributed by atoms with Crippen LogP contribution in [-0.2, 0) is 9.59 Å². The number of anilines is 2. The van der Waals surface area contributed by atoms with Gasteiger partial charge in [0.05, 0.1) is 0 Å². The second kappa shape index (κ2) is 11.9. The van der Waals surface area contributed by atoms with Gasteiger partial charge in [-0.25, -0.2) is 0 Å². The third-order valence-electron chi connectivity index (χ3n) is 5.24. The van der Waals surface area contributed by atoms with Crippen molar-refractivity contribution in [2.45, 2.75) is 17.1 Å². The summed E-state index contributed by atoms with van der Waals surface area (Å²) in [6.45, 7) is 2.01. The third kappa shape index (κ3) is 7.19. The number of carbonyl (C=O) groups is 2. The first kappa shape index (κ1) is 24.0. The standard InChI is InChI=1S/C30H26N2O2S/c1-22-15-18-25(19-16-22)32-30(34)29(24-11-6-3-7-12-24)35-27-14-8-13-26(21-27)31-28(33)20-17-23-9-4-2-5-10-23/h2-21,29H,1H3,(H,31,33)(H,32,34)/b20-17+. The topological polar surface area (TPSA) is 58.2 Å².